The molecule has 2 nitrogen and oxygen atoms in total. The van der Waals surface area contributed by atoms with Crippen LogP contribution in [0.1, 0.15) is 51.5 Å². The summed E-state index contributed by atoms with van der Waals surface area (Å²) in [5, 5.41) is 3.57. The molecule has 0 saturated heterocycles. The van der Waals surface area contributed by atoms with Gasteiger partial charge < -0.3 is 10.2 Å². The maximum Gasteiger partial charge on any atom is 0.0366 e. The van der Waals surface area contributed by atoms with Crippen LogP contribution in [0.25, 0.3) is 0 Å². The Morgan fingerprint density at radius 3 is 2.43 bits per heavy atom. The Balaban J connectivity index is 1.72. The normalized spacial score (nSPS) is 14.9. The second kappa shape index (κ2) is 8.89. The van der Waals surface area contributed by atoms with Crippen molar-refractivity contribution in [2.24, 2.45) is 0 Å². The van der Waals surface area contributed by atoms with E-state index in [1.165, 1.54) is 43.4 Å². The number of hydrogen-bond acceptors (Lipinski definition) is 2. The first-order valence-corrected chi connectivity index (χ1v) is 8.56. The summed E-state index contributed by atoms with van der Waals surface area (Å²) in [5.41, 5.74) is 4.37. The van der Waals surface area contributed by atoms with Crippen LogP contribution >= 0.6 is 0 Å². The van der Waals surface area contributed by atoms with Crippen molar-refractivity contribution < 1.29 is 0 Å². The van der Waals surface area contributed by atoms with Gasteiger partial charge in [-0.15, -0.1) is 0 Å². The third kappa shape index (κ3) is 5.20. The topological polar surface area (TPSA) is 15.3 Å². The van der Waals surface area contributed by atoms with Crippen LogP contribution in [0.2, 0.25) is 0 Å². The van der Waals surface area contributed by atoms with E-state index in [0.29, 0.717) is 0 Å². The van der Waals surface area contributed by atoms with Crippen LogP contribution in [-0.2, 0) is 6.54 Å². The van der Waals surface area contributed by atoms with Gasteiger partial charge in [-0.2, -0.15) is 0 Å². The number of nitrogens with one attached hydrogen (secondary N) is 1. The van der Waals surface area contributed by atoms with E-state index in [0.717, 1.165) is 26.2 Å². The Morgan fingerprint density at radius 1 is 1.05 bits per heavy atom. The smallest absolute Gasteiger partial charge is 0.0366 e. The molecule has 21 heavy (non-hydrogen) atoms. The fourth-order valence-corrected chi connectivity index (χ4v) is 3.03. The van der Waals surface area contributed by atoms with E-state index in [1.54, 1.807) is 5.57 Å². The molecule has 1 N–H and O–H groups in total. The van der Waals surface area contributed by atoms with Crippen molar-refractivity contribution in [2.75, 3.05) is 24.5 Å². The third-order valence-electron chi connectivity index (χ3n) is 4.40. The number of benzene rings is 1. The summed E-state index contributed by atoms with van der Waals surface area (Å²) in [6.45, 7) is 8.64. The van der Waals surface area contributed by atoms with Crippen LogP contribution in [0.3, 0.4) is 0 Å². The second-order valence-electron chi connectivity index (χ2n) is 5.87. The lowest BCUT2D eigenvalue weighted by atomic mass is 9.97. The quantitative estimate of drug-likeness (QED) is 0.558. The molecule has 0 aliphatic heterocycles. The zero-order valence-corrected chi connectivity index (χ0v) is 13.7. The van der Waals surface area contributed by atoms with Crippen LogP contribution in [0, 0.1) is 0 Å². The van der Waals surface area contributed by atoms with E-state index < -0.39 is 0 Å². The summed E-state index contributed by atoms with van der Waals surface area (Å²) in [5.74, 6) is 0. The molecule has 2 heteroatoms. The largest absolute Gasteiger partial charge is 0.372 e. The Labute approximate surface area is 130 Å². The van der Waals surface area contributed by atoms with Gasteiger partial charge in [-0.25, -0.2) is 0 Å². The predicted molar refractivity (Wildman–Crippen MR) is 92.9 cm³/mol. The highest BCUT2D eigenvalue weighted by atomic mass is 15.1. The van der Waals surface area contributed by atoms with Gasteiger partial charge in [0.25, 0.3) is 0 Å². The van der Waals surface area contributed by atoms with Crippen LogP contribution in [0.15, 0.2) is 35.9 Å². The third-order valence-corrected chi connectivity index (χ3v) is 4.40. The summed E-state index contributed by atoms with van der Waals surface area (Å²) in [6.07, 6.45) is 9.05. The molecule has 1 aromatic rings. The maximum absolute atomic E-state index is 3.57. The number of nitrogens with zero attached hydrogens (tertiary/aromatic N) is 1. The van der Waals surface area contributed by atoms with Crippen LogP contribution in [-0.4, -0.2) is 19.6 Å². The van der Waals surface area contributed by atoms with Gasteiger partial charge in [-0.1, -0.05) is 23.8 Å². The first-order chi connectivity index (χ1) is 10.3. The molecule has 0 heterocycles. The fourth-order valence-electron chi connectivity index (χ4n) is 3.03. The van der Waals surface area contributed by atoms with Crippen molar-refractivity contribution >= 4 is 5.69 Å². The molecular formula is C19H30N2. The van der Waals surface area contributed by atoms with Crippen molar-refractivity contribution in [1.29, 1.82) is 0 Å². The number of anilines is 1. The fraction of sp³-hybridized carbons (Fsp3) is 0.579. The minimum atomic E-state index is 0.978. The molecule has 1 aliphatic rings. The molecule has 0 aromatic heterocycles. The van der Waals surface area contributed by atoms with E-state index >= 15 is 0 Å². The van der Waals surface area contributed by atoms with Gasteiger partial charge in [0, 0.05) is 25.3 Å². The molecule has 0 saturated carbocycles. The maximum atomic E-state index is 3.57. The highest BCUT2D eigenvalue weighted by molar-refractivity contribution is 5.47. The Bertz CT molecular complexity index is 429. The monoisotopic (exact) mass is 286 g/mol. The predicted octanol–water partition coefficient (Wildman–Crippen LogP) is 4.51. The van der Waals surface area contributed by atoms with Crippen LogP contribution < -0.4 is 10.2 Å². The molecular weight excluding hydrogens is 256 g/mol. The van der Waals surface area contributed by atoms with Gasteiger partial charge in [0.1, 0.15) is 0 Å². The lowest BCUT2D eigenvalue weighted by Gasteiger charge is -2.21. The summed E-state index contributed by atoms with van der Waals surface area (Å²) in [4.78, 5) is 2.38. The molecule has 0 bridgehead atoms. The van der Waals surface area contributed by atoms with Crippen molar-refractivity contribution in [1.82, 2.24) is 5.32 Å². The summed E-state index contributed by atoms with van der Waals surface area (Å²) >= 11 is 0. The van der Waals surface area contributed by atoms with Gasteiger partial charge >= 0.3 is 0 Å². The van der Waals surface area contributed by atoms with Gasteiger partial charge in [0.2, 0.25) is 0 Å². The first kappa shape index (κ1) is 16.1. The zero-order chi connectivity index (χ0) is 14.9. The van der Waals surface area contributed by atoms with E-state index in [2.05, 4.69) is 54.4 Å². The van der Waals surface area contributed by atoms with Crippen molar-refractivity contribution in [2.45, 2.75) is 52.5 Å². The molecule has 0 radical (unpaired) electrons. The Hall–Kier alpha value is -1.28. The van der Waals surface area contributed by atoms with E-state index in [4.69, 9.17) is 0 Å². The van der Waals surface area contributed by atoms with E-state index in [1.807, 2.05) is 0 Å². The van der Waals surface area contributed by atoms with Gasteiger partial charge in [0.05, 0.1) is 0 Å². The standard InChI is InChI=1S/C19H30N2/c1-3-21(4-2)19-12-10-18(11-13-19)16-20-15-14-17-8-6-5-7-9-17/h8,10-13,20H,3-7,9,14-16H2,1-2H3. The molecule has 1 aliphatic carbocycles. The molecule has 0 fully saturated rings. The van der Waals surface area contributed by atoms with E-state index in [9.17, 15) is 0 Å². The lowest BCUT2D eigenvalue weighted by molar-refractivity contribution is 0.632. The zero-order valence-electron chi connectivity index (χ0n) is 13.7. The minimum Gasteiger partial charge on any atom is -0.372 e. The van der Waals surface area contributed by atoms with Gasteiger partial charge in [0.15, 0.2) is 0 Å². The Morgan fingerprint density at radius 2 is 1.81 bits per heavy atom. The lowest BCUT2D eigenvalue weighted by Crippen LogP contribution is -2.21. The molecule has 2 rings (SSSR count). The van der Waals surface area contributed by atoms with Crippen molar-refractivity contribution in [3.63, 3.8) is 0 Å². The average molecular weight is 286 g/mol. The molecule has 0 unspecified atom stereocenters. The molecule has 1 aromatic carbocycles. The molecule has 0 atom stereocenters. The SMILES string of the molecule is CCN(CC)c1ccc(CNCCC2=CCCCC2)cc1. The van der Waals surface area contributed by atoms with Crippen LogP contribution in [0.5, 0.6) is 0 Å². The van der Waals surface area contributed by atoms with Gasteiger partial charge in [-0.3, -0.25) is 0 Å². The van der Waals surface area contributed by atoms with Crippen LogP contribution in [0.4, 0.5) is 5.69 Å². The number of allylic oxidation sites excluding steroid dienone is 1. The highest BCUT2D eigenvalue weighted by Crippen LogP contribution is 2.19. The molecule has 0 spiro atoms. The van der Waals surface area contributed by atoms with Crippen molar-refractivity contribution in [3.05, 3.63) is 41.5 Å². The number of hydrogen-bond donors (Lipinski definition) is 1. The summed E-state index contributed by atoms with van der Waals surface area (Å²) < 4.78 is 0. The van der Waals surface area contributed by atoms with E-state index in [-0.39, 0.29) is 0 Å². The molecule has 116 valence electrons. The Kier molecular flexibility index (Phi) is 6.81. The van der Waals surface area contributed by atoms with Crippen molar-refractivity contribution in [3.8, 4) is 0 Å². The number of rotatable bonds is 8. The minimum absolute atomic E-state index is 0.978. The second-order valence-corrected chi connectivity index (χ2v) is 5.87. The summed E-state index contributed by atoms with van der Waals surface area (Å²) in [6, 6.07) is 8.99. The van der Waals surface area contributed by atoms with Gasteiger partial charge in [-0.05, 0) is 70.2 Å². The summed E-state index contributed by atoms with van der Waals surface area (Å²) in [7, 11) is 0. The first-order valence-electron chi connectivity index (χ1n) is 8.56. The average Bonchev–Trinajstić information content (AvgIpc) is 2.55. The molecule has 0 amide bonds. The highest BCUT2D eigenvalue weighted by Gasteiger charge is 2.03.